The molecule has 0 amide bonds. The summed E-state index contributed by atoms with van der Waals surface area (Å²) in [5, 5.41) is 18.4. The van der Waals surface area contributed by atoms with E-state index in [-0.39, 0.29) is 0 Å². The zero-order valence-corrected chi connectivity index (χ0v) is 17.6. The Balaban J connectivity index is 1.34. The van der Waals surface area contributed by atoms with Gasteiger partial charge in [0.15, 0.2) is 5.82 Å². The van der Waals surface area contributed by atoms with Crippen LogP contribution in [-0.4, -0.2) is 65.6 Å². The number of hydrogen-bond acceptors (Lipinski definition) is 8. The van der Waals surface area contributed by atoms with Gasteiger partial charge >= 0.3 is 0 Å². The molecule has 1 unspecified atom stereocenters. The molecular formula is C21H25N9O. The summed E-state index contributed by atoms with van der Waals surface area (Å²) in [5.41, 5.74) is 3.85. The van der Waals surface area contributed by atoms with Crippen LogP contribution in [0.1, 0.15) is 25.5 Å². The van der Waals surface area contributed by atoms with Crippen LogP contribution in [0.4, 0.5) is 11.8 Å². The van der Waals surface area contributed by atoms with Crippen molar-refractivity contribution in [1.29, 1.82) is 0 Å². The Morgan fingerprint density at radius 3 is 2.35 bits per heavy atom. The molecule has 10 nitrogen and oxygen atoms in total. The molecule has 5 heterocycles. The maximum Gasteiger partial charge on any atom is 0.225 e. The van der Waals surface area contributed by atoms with Crippen LogP contribution in [0, 0.1) is 0 Å². The molecule has 31 heavy (non-hydrogen) atoms. The third-order valence-electron chi connectivity index (χ3n) is 5.68. The van der Waals surface area contributed by atoms with Gasteiger partial charge in [-0.15, -0.1) is 0 Å². The van der Waals surface area contributed by atoms with Gasteiger partial charge < -0.3 is 14.9 Å². The van der Waals surface area contributed by atoms with Gasteiger partial charge in [-0.25, -0.2) is 19.5 Å². The lowest BCUT2D eigenvalue weighted by Crippen LogP contribution is -2.47. The maximum absolute atomic E-state index is 9.64. The molecule has 1 atom stereocenters. The van der Waals surface area contributed by atoms with Crippen molar-refractivity contribution < 1.29 is 5.11 Å². The van der Waals surface area contributed by atoms with Crippen molar-refractivity contribution >= 4 is 17.3 Å². The predicted molar refractivity (Wildman–Crippen MR) is 117 cm³/mol. The van der Waals surface area contributed by atoms with Crippen molar-refractivity contribution in [2.45, 2.75) is 26.5 Å². The number of rotatable bonds is 5. The summed E-state index contributed by atoms with van der Waals surface area (Å²) in [5.74, 6) is 1.61. The largest absolute Gasteiger partial charge is 0.389 e. The number of aromatic nitrogens is 7. The highest BCUT2D eigenvalue weighted by Crippen LogP contribution is 2.27. The van der Waals surface area contributed by atoms with E-state index in [0.29, 0.717) is 5.95 Å². The van der Waals surface area contributed by atoms with Crippen molar-refractivity contribution in [2.24, 2.45) is 0 Å². The van der Waals surface area contributed by atoms with E-state index in [4.69, 9.17) is 0 Å². The second-order valence-electron chi connectivity index (χ2n) is 7.69. The molecule has 0 radical (unpaired) electrons. The minimum absolute atomic E-state index is 0.561. The topological polar surface area (TPSA) is 100 Å². The molecule has 1 fully saturated rings. The monoisotopic (exact) mass is 419 g/mol. The van der Waals surface area contributed by atoms with E-state index < -0.39 is 6.10 Å². The second kappa shape index (κ2) is 7.95. The van der Waals surface area contributed by atoms with E-state index in [0.717, 1.165) is 60.7 Å². The average molecular weight is 419 g/mol. The van der Waals surface area contributed by atoms with Gasteiger partial charge in [0.25, 0.3) is 0 Å². The molecule has 0 aliphatic carbocycles. The summed E-state index contributed by atoms with van der Waals surface area (Å²) < 4.78 is 3.80. The Morgan fingerprint density at radius 1 is 0.935 bits per heavy atom. The Labute approximate surface area is 179 Å². The summed E-state index contributed by atoms with van der Waals surface area (Å²) in [7, 11) is 0. The number of anilines is 2. The van der Waals surface area contributed by atoms with E-state index in [2.05, 4.69) is 47.9 Å². The van der Waals surface area contributed by atoms with Gasteiger partial charge in [0, 0.05) is 74.2 Å². The highest BCUT2D eigenvalue weighted by molar-refractivity contribution is 5.77. The highest BCUT2D eigenvalue weighted by Gasteiger charge is 2.22. The molecule has 1 aliphatic rings. The van der Waals surface area contributed by atoms with Crippen molar-refractivity contribution in [3.8, 4) is 11.1 Å². The number of piperazine rings is 1. The van der Waals surface area contributed by atoms with Crippen molar-refractivity contribution in [3.05, 3.63) is 48.9 Å². The van der Waals surface area contributed by atoms with Crippen LogP contribution >= 0.6 is 0 Å². The minimum atomic E-state index is -0.561. The Hall–Kier alpha value is -3.53. The molecule has 0 aromatic carbocycles. The molecule has 0 saturated carbocycles. The number of aliphatic hydroxyl groups is 1. The van der Waals surface area contributed by atoms with Crippen LogP contribution in [0.3, 0.4) is 0 Å². The zero-order valence-electron chi connectivity index (χ0n) is 17.6. The summed E-state index contributed by atoms with van der Waals surface area (Å²) in [6.45, 7) is 7.83. The van der Waals surface area contributed by atoms with Gasteiger partial charge in [-0.3, -0.25) is 4.68 Å². The molecule has 10 heteroatoms. The average Bonchev–Trinajstić information content (AvgIpc) is 3.46. The first-order valence-electron chi connectivity index (χ1n) is 10.5. The Morgan fingerprint density at radius 2 is 1.68 bits per heavy atom. The van der Waals surface area contributed by atoms with Gasteiger partial charge in [-0.2, -0.15) is 10.2 Å². The van der Waals surface area contributed by atoms with Crippen molar-refractivity contribution in [1.82, 2.24) is 34.3 Å². The van der Waals surface area contributed by atoms with E-state index >= 15 is 0 Å². The Bertz CT molecular complexity index is 1170. The zero-order chi connectivity index (χ0) is 21.4. The lowest BCUT2D eigenvalue weighted by atomic mass is 10.2. The fourth-order valence-corrected chi connectivity index (χ4v) is 3.83. The van der Waals surface area contributed by atoms with Gasteiger partial charge in [0.2, 0.25) is 5.95 Å². The Kier molecular flexibility index (Phi) is 4.99. The second-order valence-corrected chi connectivity index (χ2v) is 7.69. The summed E-state index contributed by atoms with van der Waals surface area (Å²) >= 11 is 0. The van der Waals surface area contributed by atoms with Crippen molar-refractivity contribution in [2.75, 3.05) is 36.0 Å². The third-order valence-corrected chi connectivity index (χ3v) is 5.68. The molecule has 4 aromatic heterocycles. The molecule has 160 valence electrons. The first-order chi connectivity index (χ1) is 15.1. The van der Waals surface area contributed by atoms with Crippen LogP contribution in [0.25, 0.3) is 16.6 Å². The molecule has 0 bridgehead atoms. The lowest BCUT2D eigenvalue weighted by molar-refractivity contribution is 0.198. The number of fused-ring (bicyclic) bond motifs is 1. The molecule has 1 saturated heterocycles. The molecule has 1 N–H and O–H groups in total. The van der Waals surface area contributed by atoms with E-state index in [9.17, 15) is 5.11 Å². The number of aryl methyl sites for hydroxylation is 1. The lowest BCUT2D eigenvalue weighted by Gasteiger charge is -2.35. The number of nitrogens with zero attached hydrogens (tertiary/aromatic N) is 9. The minimum Gasteiger partial charge on any atom is -0.389 e. The number of hydrogen-bond donors (Lipinski definition) is 1. The number of aliphatic hydroxyl groups excluding tert-OH is 1. The summed E-state index contributed by atoms with van der Waals surface area (Å²) in [6, 6.07) is 2.12. The summed E-state index contributed by atoms with van der Waals surface area (Å²) in [6.07, 6.45) is 10.4. The van der Waals surface area contributed by atoms with Gasteiger partial charge in [-0.1, -0.05) is 0 Å². The molecule has 5 rings (SSSR count). The highest BCUT2D eigenvalue weighted by atomic mass is 16.3. The normalized spacial score (nSPS) is 15.6. The standard InChI is InChI=1S/C21H25N9O/c1-3-29-12-18(11-25-29)16-8-19-20(24-14-26-30(19)13-16)27-4-6-28(7-5-27)21-22-9-17(10-23-21)15(2)31/h8-15,31H,3-7H2,1-2H3. The fraction of sp³-hybridized carbons (Fsp3) is 0.381. The first-order valence-corrected chi connectivity index (χ1v) is 10.5. The van der Waals surface area contributed by atoms with Crippen LogP contribution in [0.15, 0.2) is 43.4 Å². The molecule has 4 aromatic rings. The van der Waals surface area contributed by atoms with Gasteiger partial charge in [0.05, 0.1) is 12.3 Å². The maximum atomic E-state index is 9.64. The first kappa shape index (κ1) is 19.4. The molecule has 0 spiro atoms. The van der Waals surface area contributed by atoms with Gasteiger partial charge in [-0.05, 0) is 19.9 Å². The quantitative estimate of drug-likeness (QED) is 0.523. The third kappa shape index (κ3) is 3.70. The van der Waals surface area contributed by atoms with E-state index in [1.807, 2.05) is 27.8 Å². The fourth-order valence-electron chi connectivity index (χ4n) is 3.83. The van der Waals surface area contributed by atoms with E-state index in [1.165, 1.54) is 0 Å². The van der Waals surface area contributed by atoms with Crippen molar-refractivity contribution in [3.63, 3.8) is 0 Å². The predicted octanol–water partition coefficient (Wildman–Crippen LogP) is 1.78. The smallest absolute Gasteiger partial charge is 0.225 e. The molecule has 1 aliphatic heterocycles. The van der Waals surface area contributed by atoms with Gasteiger partial charge in [0.1, 0.15) is 11.8 Å². The van der Waals surface area contributed by atoms with E-state index in [1.54, 1.807) is 25.6 Å². The SMILES string of the molecule is CCn1cc(-c2cc3c(N4CCN(c5ncc(C(C)O)cn5)CC4)ncnn3c2)cn1. The van der Waals surface area contributed by atoms with Crippen LogP contribution in [0.5, 0.6) is 0 Å². The van der Waals surface area contributed by atoms with Crippen LogP contribution < -0.4 is 9.80 Å². The summed E-state index contributed by atoms with van der Waals surface area (Å²) in [4.78, 5) is 17.8. The molecular weight excluding hydrogens is 394 g/mol. The van der Waals surface area contributed by atoms with Crippen LogP contribution in [-0.2, 0) is 6.54 Å². The van der Waals surface area contributed by atoms with Crippen LogP contribution in [0.2, 0.25) is 0 Å².